The van der Waals surface area contributed by atoms with E-state index in [-0.39, 0.29) is 29.1 Å². The molecule has 7 nitrogen and oxygen atoms in total. The fourth-order valence-corrected chi connectivity index (χ4v) is 6.96. The molecule has 0 bridgehead atoms. The molecule has 1 saturated carbocycles. The van der Waals surface area contributed by atoms with Gasteiger partial charge in [-0.25, -0.2) is 8.42 Å². The van der Waals surface area contributed by atoms with Gasteiger partial charge in [-0.3, -0.25) is 13.9 Å². The number of rotatable bonds is 10. The molecule has 1 N–H and O–H groups in total. The van der Waals surface area contributed by atoms with Gasteiger partial charge in [-0.15, -0.1) is 0 Å². The number of carbonyl (C=O) groups excluding carboxylic acids is 2. The second-order valence-electron chi connectivity index (χ2n) is 10.7. The normalized spacial score (nSPS) is 14.4. The monoisotopic (exact) mass is 649 g/mol. The van der Waals surface area contributed by atoms with E-state index in [4.69, 9.17) is 34.8 Å². The number of nitrogens with one attached hydrogen (secondary N) is 1. The Labute approximate surface area is 262 Å². The summed E-state index contributed by atoms with van der Waals surface area (Å²) in [5, 5.41) is 4.17. The van der Waals surface area contributed by atoms with Gasteiger partial charge in [0.1, 0.15) is 12.6 Å². The van der Waals surface area contributed by atoms with E-state index in [2.05, 4.69) is 5.32 Å². The zero-order valence-corrected chi connectivity index (χ0v) is 26.8. The molecule has 0 aliphatic heterocycles. The van der Waals surface area contributed by atoms with Crippen molar-refractivity contribution in [3.05, 3.63) is 92.4 Å². The Morgan fingerprint density at radius 2 is 1.60 bits per heavy atom. The van der Waals surface area contributed by atoms with Crippen LogP contribution in [0.3, 0.4) is 0 Å². The van der Waals surface area contributed by atoms with Gasteiger partial charge in [-0.05, 0) is 81.1 Å². The van der Waals surface area contributed by atoms with Crippen LogP contribution in [-0.4, -0.2) is 43.8 Å². The summed E-state index contributed by atoms with van der Waals surface area (Å²) in [6.07, 6.45) is 3.83. The third kappa shape index (κ3) is 7.59. The summed E-state index contributed by atoms with van der Waals surface area (Å²) in [4.78, 5) is 28.8. The molecule has 2 amide bonds. The highest BCUT2D eigenvalue weighted by Crippen LogP contribution is 2.29. The molecule has 1 aliphatic rings. The number of amides is 2. The minimum Gasteiger partial charge on any atom is -0.352 e. The molecular formula is C31H34Cl3N3O4S. The summed E-state index contributed by atoms with van der Waals surface area (Å²) in [6, 6.07) is 15.3. The second kappa shape index (κ2) is 13.7. The highest BCUT2D eigenvalue weighted by Gasteiger charge is 2.33. The third-order valence-corrected chi connectivity index (χ3v) is 10.3. The quantitative estimate of drug-likeness (QED) is 0.258. The molecule has 1 aliphatic carbocycles. The predicted molar refractivity (Wildman–Crippen MR) is 169 cm³/mol. The van der Waals surface area contributed by atoms with E-state index in [0.717, 1.165) is 41.1 Å². The molecule has 0 saturated heterocycles. The number of halogens is 3. The summed E-state index contributed by atoms with van der Waals surface area (Å²) in [6.45, 7) is 4.70. The molecule has 3 aromatic rings. The van der Waals surface area contributed by atoms with E-state index in [9.17, 15) is 18.0 Å². The molecule has 0 spiro atoms. The average Bonchev–Trinajstić information content (AvgIpc) is 3.45. The van der Waals surface area contributed by atoms with Crippen molar-refractivity contribution >= 4 is 62.3 Å². The van der Waals surface area contributed by atoms with Crippen molar-refractivity contribution in [3.8, 4) is 0 Å². The van der Waals surface area contributed by atoms with Gasteiger partial charge >= 0.3 is 0 Å². The first-order valence-electron chi connectivity index (χ1n) is 13.8. The molecular weight excluding hydrogens is 617 g/mol. The lowest BCUT2D eigenvalue weighted by atomic mass is 10.1. The molecule has 3 aromatic carbocycles. The average molecular weight is 651 g/mol. The zero-order valence-electron chi connectivity index (χ0n) is 23.7. The maximum atomic E-state index is 14.1. The van der Waals surface area contributed by atoms with Crippen molar-refractivity contribution in [1.29, 1.82) is 0 Å². The van der Waals surface area contributed by atoms with Crippen LogP contribution in [0.2, 0.25) is 15.1 Å². The van der Waals surface area contributed by atoms with Gasteiger partial charge in [0.15, 0.2) is 0 Å². The molecule has 0 radical (unpaired) electrons. The Balaban J connectivity index is 1.72. The predicted octanol–water partition coefficient (Wildman–Crippen LogP) is 6.94. The van der Waals surface area contributed by atoms with E-state index in [1.165, 1.54) is 23.1 Å². The maximum Gasteiger partial charge on any atom is 0.264 e. The SMILES string of the molecule is Cc1ccc(S(=O)(=O)N(CC(=O)N(Cc2ccc(Cl)cc2Cl)C(C)C(=O)NC2CCCC2)c2ccc(C)c(Cl)c2)cc1. The van der Waals surface area contributed by atoms with Crippen LogP contribution in [0, 0.1) is 13.8 Å². The number of hydrogen-bond donors (Lipinski definition) is 1. The van der Waals surface area contributed by atoms with Crippen LogP contribution in [0.5, 0.6) is 0 Å². The standard InChI is InChI=1S/C31H34Cl3N3O4S/c1-20-8-14-27(15-9-20)42(40,41)37(26-13-10-21(2)28(33)17-26)19-30(38)36(18-23-11-12-24(32)16-29(23)34)22(3)31(39)35-25-6-4-5-7-25/h8-17,22,25H,4-7,18-19H2,1-3H3,(H,35,39). The van der Waals surface area contributed by atoms with Crippen molar-refractivity contribution in [3.63, 3.8) is 0 Å². The van der Waals surface area contributed by atoms with Crippen LogP contribution in [-0.2, 0) is 26.2 Å². The number of sulfonamides is 1. The molecule has 0 aromatic heterocycles. The third-order valence-electron chi connectivity index (χ3n) is 7.56. The number of carbonyl (C=O) groups is 2. The molecule has 0 heterocycles. The first kappa shape index (κ1) is 32.1. The molecule has 4 rings (SSSR count). The highest BCUT2D eigenvalue weighted by molar-refractivity contribution is 7.92. The van der Waals surface area contributed by atoms with E-state index < -0.39 is 28.5 Å². The van der Waals surface area contributed by atoms with Gasteiger partial charge in [0, 0.05) is 27.7 Å². The lowest BCUT2D eigenvalue weighted by Gasteiger charge is -2.32. The van der Waals surface area contributed by atoms with E-state index in [1.807, 2.05) is 6.92 Å². The number of nitrogens with zero attached hydrogens (tertiary/aromatic N) is 2. The summed E-state index contributed by atoms with van der Waals surface area (Å²) in [5.41, 5.74) is 2.45. The van der Waals surface area contributed by atoms with Gasteiger partial charge in [-0.1, -0.05) is 77.5 Å². The largest absolute Gasteiger partial charge is 0.352 e. The van der Waals surface area contributed by atoms with Crippen molar-refractivity contribution in [2.24, 2.45) is 0 Å². The number of aryl methyl sites for hydroxylation is 2. The summed E-state index contributed by atoms with van der Waals surface area (Å²) in [7, 11) is -4.20. The Morgan fingerprint density at radius 3 is 2.21 bits per heavy atom. The minimum atomic E-state index is -4.20. The topological polar surface area (TPSA) is 86.8 Å². The molecule has 1 fully saturated rings. The first-order chi connectivity index (χ1) is 19.9. The van der Waals surface area contributed by atoms with Gasteiger partial charge in [0.2, 0.25) is 11.8 Å². The Bertz CT molecular complexity index is 1560. The van der Waals surface area contributed by atoms with Crippen LogP contribution in [0.1, 0.15) is 49.3 Å². The van der Waals surface area contributed by atoms with Gasteiger partial charge in [0.25, 0.3) is 10.0 Å². The van der Waals surface area contributed by atoms with Crippen molar-refractivity contribution < 1.29 is 18.0 Å². The molecule has 42 heavy (non-hydrogen) atoms. The van der Waals surface area contributed by atoms with Crippen molar-refractivity contribution in [1.82, 2.24) is 10.2 Å². The van der Waals surface area contributed by atoms with Gasteiger partial charge in [0.05, 0.1) is 10.6 Å². The minimum absolute atomic E-state index is 0.0249. The van der Waals surface area contributed by atoms with Crippen LogP contribution < -0.4 is 9.62 Å². The fourth-order valence-electron chi connectivity index (χ4n) is 4.91. The molecule has 224 valence electrons. The van der Waals surface area contributed by atoms with Crippen LogP contribution in [0.15, 0.2) is 65.6 Å². The molecule has 1 atom stereocenters. The van der Waals surface area contributed by atoms with Crippen molar-refractivity contribution in [2.75, 3.05) is 10.8 Å². The lowest BCUT2D eigenvalue weighted by molar-refractivity contribution is -0.139. The second-order valence-corrected chi connectivity index (χ2v) is 13.8. The Hall–Kier alpha value is -2.78. The van der Waals surface area contributed by atoms with E-state index in [0.29, 0.717) is 20.6 Å². The Morgan fingerprint density at radius 1 is 0.929 bits per heavy atom. The van der Waals surface area contributed by atoms with Crippen LogP contribution in [0.25, 0.3) is 0 Å². The van der Waals surface area contributed by atoms with Gasteiger partial charge in [-0.2, -0.15) is 0 Å². The van der Waals surface area contributed by atoms with E-state index in [1.54, 1.807) is 56.3 Å². The summed E-state index contributed by atoms with van der Waals surface area (Å²) >= 11 is 18.9. The van der Waals surface area contributed by atoms with Gasteiger partial charge < -0.3 is 10.2 Å². The number of benzene rings is 3. The molecule has 1 unspecified atom stereocenters. The highest BCUT2D eigenvalue weighted by atomic mass is 35.5. The summed E-state index contributed by atoms with van der Waals surface area (Å²) < 4.78 is 29.0. The Kier molecular flexibility index (Phi) is 10.5. The maximum absolute atomic E-state index is 14.1. The van der Waals surface area contributed by atoms with E-state index >= 15 is 0 Å². The first-order valence-corrected chi connectivity index (χ1v) is 16.3. The number of anilines is 1. The molecule has 11 heteroatoms. The zero-order chi connectivity index (χ0) is 30.6. The smallest absolute Gasteiger partial charge is 0.264 e. The fraction of sp³-hybridized carbons (Fsp3) is 0.355. The van der Waals surface area contributed by atoms with Crippen LogP contribution >= 0.6 is 34.8 Å². The lowest BCUT2D eigenvalue weighted by Crippen LogP contribution is -2.52. The summed E-state index contributed by atoms with van der Waals surface area (Å²) in [5.74, 6) is -0.894. The van der Waals surface area contributed by atoms with Crippen molar-refractivity contribution in [2.45, 2.75) is 70.0 Å². The van der Waals surface area contributed by atoms with Crippen LogP contribution in [0.4, 0.5) is 5.69 Å². The number of hydrogen-bond acceptors (Lipinski definition) is 4.